The van der Waals surface area contributed by atoms with Crippen molar-refractivity contribution in [3.8, 4) is 0 Å². The van der Waals surface area contributed by atoms with Crippen molar-refractivity contribution in [2.75, 3.05) is 6.54 Å². The number of aromatic amines is 1. The van der Waals surface area contributed by atoms with Gasteiger partial charge in [0.1, 0.15) is 11.9 Å². The van der Waals surface area contributed by atoms with Crippen LogP contribution in [-0.4, -0.2) is 22.5 Å². The number of amides is 1. The van der Waals surface area contributed by atoms with Crippen LogP contribution < -0.4 is 10.9 Å². The van der Waals surface area contributed by atoms with Crippen molar-refractivity contribution in [1.82, 2.24) is 10.3 Å². The Morgan fingerprint density at radius 1 is 1.41 bits per heavy atom. The summed E-state index contributed by atoms with van der Waals surface area (Å²) in [6.07, 6.45) is 1.22. The van der Waals surface area contributed by atoms with E-state index >= 15 is 0 Å². The van der Waals surface area contributed by atoms with Gasteiger partial charge in [-0.15, -0.1) is 0 Å². The van der Waals surface area contributed by atoms with E-state index in [1.807, 2.05) is 13.8 Å². The molecule has 0 fully saturated rings. The molecule has 0 bridgehead atoms. The van der Waals surface area contributed by atoms with Gasteiger partial charge in [0.15, 0.2) is 0 Å². The molecule has 0 saturated heterocycles. The van der Waals surface area contributed by atoms with Crippen LogP contribution in [0.4, 0.5) is 0 Å². The fourth-order valence-corrected chi connectivity index (χ4v) is 2.15. The Bertz CT molecular complexity index is 674. The van der Waals surface area contributed by atoms with Crippen molar-refractivity contribution in [1.29, 1.82) is 0 Å². The number of aromatic nitrogens is 1. The number of rotatable bonds is 6. The second kappa shape index (κ2) is 7.09. The first-order valence-corrected chi connectivity index (χ1v) is 7.18. The van der Waals surface area contributed by atoms with Crippen LogP contribution in [0.25, 0.3) is 0 Å². The smallest absolute Gasteiger partial charge is 0.251 e. The van der Waals surface area contributed by atoms with Gasteiger partial charge < -0.3 is 19.8 Å². The Morgan fingerprint density at radius 3 is 2.82 bits per heavy atom. The van der Waals surface area contributed by atoms with E-state index in [4.69, 9.17) is 4.42 Å². The molecule has 6 heteroatoms. The van der Waals surface area contributed by atoms with Crippen molar-refractivity contribution >= 4 is 5.91 Å². The van der Waals surface area contributed by atoms with Crippen molar-refractivity contribution in [2.24, 2.45) is 5.92 Å². The first-order chi connectivity index (χ1) is 10.5. The zero-order valence-electron chi connectivity index (χ0n) is 12.6. The Morgan fingerprint density at radius 2 is 2.18 bits per heavy atom. The van der Waals surface area contributed by atoms with Crippen molar-refractivity contribution in [3.63, 3.8) is 0 Å². The number of nitrogens with one attached hydrogen (secondary N) is 2. The molecule has 2 rings (SSSR count). The lowest BCUT2D eigenvalue weighted by molar-refractivity contribution is 0.0900. The van der Waals surface area contributed by atoms with Gasteiger partial charge in [0.2, 0.25) is 5.56 Å². The molecule has 0 aromatic carbocycles. The topological polar surface area (TPSA) is 95.3 Å². The highest BCUT2D eigenvalue weighted by Gasteiger charge is 2.14. The number of aliphatic hydroxyl groups is 1. The van der Waals surface area contributed by atoms with E-state index in [-0.39, 0.29) is 17.7 Å². The zero-order valence-corrected chi connectivity index (χ0v) is 12.6. The predicted octanol–water partition coefficient (Wildman–Crippen LogP) is 1.63. The van der Waals surface area contributed by atoms with Crippen LogP contribution in [0.1, 0.15) is 41.8 Å². The molecule has 1 unspecified atom stereocenters. The number of carbonyl (C=O) groups is 1. The molecule has 0 spiro atoms. The maximum absolute atomic E-state index is 12.1. The first-order valence-electron chi connectivity index (χ1n) is 7.18. The molecule has 0 aliphatic carbocycles. The van der Waals surface area contributed by atoms with Crippen LogP contribution in [0.5, 0.6) is 0 Å². The third-order valence-electron chi connectivity index (χ3n) is 3.12. The lowest BCUT2D eigenvalue weighted by Gasteiger charge is -2.11. The van der Waals surface area contributed by atoms with Gasteiger partial charge in [-0.3, -0.25) is 9.59 Å². The Balaban J connectivity index is 2.03. The molecule has 1 amide bonds. The van der Waals surface area contributed by atoms with E-state index < -0.39 is 12.0 Å². The minimum Gasteiger partial charge on any atom is -0.467 e. The van der Waals surface area contributed by atoms with Crippen LogP contribution >= 0.6 is 0 Å². The second-order valence-electron chi connectivity index (χ2n) is 5.60. The quantitative estimate of drug-likeness (QED) is 0.756. The molecule has 0 aliphatic heterocycles. The van der Waals surface area contributed by atoms with E-state index in [0.29, 0.717) is 18.1 Å². The first kappa shape index (κ1) is 16.0. The van der Waals surface area contributed by atoms with Gasteiger partial charge in [-0.25, -0.2) is 0 Å². The average Bonchev–Trinajstić information content (AvgIpc) is 2.97. The predicted molar refractivity (Wildman–Crippen MR) is 81.6 cm³/mol. The van der Waals surface area contributed by atoms with Crippen LogP contribution in [0.15, 0.2) is 39.7 Å². The van der Waals surface area contributed by atoms with Crippen molar-refractivity contribution in [3.05, 3.63) is 57.9 Å². The Kier molecular flexibility index (Phi) is 5.16. The van der Waals surface area contributed by atoms with Gasteiger partial charge in [-0.1, -0.05) is 13.8 Å². The summed E-state index contributed by atoms with van der Waals surface area (Å²) in [7, 11) is 0. The van der Waals surface area contributed by atoms with E-state index in [1.54, 1.807) is 18.2 Å². The minimum absolute atomic E-state index is 0.0126. The number of H-pyrrole nitrogens is 1. The summed E-state index contributed by atoms with van der Waals surface area (Å²) < 4.78 is 5.06. The Labute approximate surface area is 128 Å². The largest absolute Gasteiger partial charge is 0.467 e. The summed E-state index contributed by atoms with van der Waals surface area (Å²) >= 11 is 0. The van der Waals surface area contributed by atoms with Crippen LogP contribution in [0.2, 0.25) is 0 Å². The molecular weight excluding hydrogens is 284 g/mol. The highest BCUT2D eigenvalue weighted by Crippen LogP contribution is 2.12. The minimum atomic E-state index is -0.920. The number of aliphatic hydroxyl groups excluding tert-OH is 1. The van der Waals surface area contributed by atoms with Gasteiger partial charge in [0.05, 0.1) is 12.8 Å². The summed E-state index contributed by atoms with van der Waals surface area (Å²) in [5.41, 5.74) is 0.695. The normalized spacial score (nSPS) is 12.4. The molecule has 0 saturated carbocycles. The molecular formula is C16H20N2O4. The van der Waals surface area contributed by atoms with Gasteiger partial charge in [0.25, 0.3) is 5.91 Å². The monoisotopic (exact) mass is 304 g/mol. The van der Waals surface area contributed by atoms with Crippen molar-refractivity contribution < 1.29 is 14.3 Å². The summed E-state index contributed by atoms with van der Waals surface area (Å²) in [6.45, 7) is 4.08. The highest BCUT2D eigenvalue weighted by molar-refractivity contribution is 5.94. The van der Waals surface area contributed by atoms with Gasteiger partial charge in [-0.2, -0.15) is 0 Å². The number of furan rings is 1. The van der Waals surface area contributed by atoms with Crippen LogP contribution in [-0.2, 0) is 6.42 Å². The zero-order chi connectivity index (χ0) is 16.1. The third-order valence-corrected chi connectivity index (χ3v) is 3.12. The van der Waals surface area contributed by atoms with Crippen molar-refractivity contribution in [2.45, 2.75) is 26.4 Å². The van der Waals surface area contributed by atoms with E-state index in [1.165, 1.54) is 12.3 Å². The fourth-order valence-electron chi connectivity index (χ4n) is 2.15. The molecule has 22 heavy (non-hydrogen) atoms. The fraction of sp³-hybridized carbons (Fsp3) is 0.375. The number of hydrogen-bond acceptors (Lipinski definition) is 4. The molecule has 118 valence electrons. The van der Waals surface area contributed by atoms with Gasteiger partial charge in [0, 0.05) is 17.3 Å². The molecule has 2 heterocycles. The number of hydrogen-bond donors (Lipinski definition) is 3. The lowest BCUT2D eigenvalue weighted by Crippen LogP contribution is -2.29. The summed E-state index contributed by atoms with van der Waals surface area (Å²) in [4.78, 5) is 26.4. The maximum atomic E-state index is 12.1. The highest BCUT2D eigenvalue weighted by atomic mass is 16.4. The molecule has 2 aromatic rings. The van der Waals surface area contributed by atoms with Gasteiger partial charge in [-0.05, 0) is 30.5 Å². The molecule has 3 N–H and O–H groups in total. The van der Waals surface area contributed by atoms with Crippen LogP contribution in [0, 0.1) is 5.92 Å². The van der Waals surface area contributed by atoms with E-state index in [0.717, 1.165) is 5.69 Å². The molecule has 2 aromatic heterocycles. The van der Waals surface area contributed by atoms with E-state index in [2.05, 4.69) is 10.3 Å². The lowest BCUT2D eigenvalue weighted by atomic mass is 10.1. The van der Waals surface area contributed by atoms with E-state index in [9.17, 15) is 14.7 Å². The number of pyridine rings is 1. The van der Waals surface area contributed by atoms with Crippen LogP contribution in [0.3, 0.4) is 0 Å². The number of carbonyl (C=O) groups excluding carboxylic acids is 1. The SMILES string of the molecule is CC(C)Cc1cc(C(=O)NCC(O)c2ccco2)cc(=O)[nH]1. The average molecular weight is 304 g/mol. The van der Waals surface area contributed by atoms with Gasteiger partial charge >= 0.3 is 0 Å². The summed E-state index contributed by atoms with van der Waals surface area (Å²) in [5.74, 6) is 0.350. The molecule has 0 aliphatic rings. The summed E-state index contributed by atoms with van der Waals surface area (Å²) in [5, 5.41) is 12.5. The maximum Gasteiger partial charge on any atom is 0.251 e. The summed E-state index contributed by atoms with van der Waals surface area (Å²) in [6, 6.07) is 6.20. The second-order valence-corrected chi connectivity index (χ2v) is 5.60. The standard InChI is InChI=1S/C16H20N2O4/c1-10(2)6-12-7-11(8-15(20)18-12)16(21)17-9-13(19)14-4-3-5-22-14/h3-5,7-8,10,13,19H,6,9H2,1-2H3,(H,17,21)(H,18,20). The molecule has 0 radical (unpaired) electrons. The Hall–Kier alpha value is -2.34. The third kappa shape index (κ3) is 4.33. The molecule has 6 nitrogen and oxygen atoms in total. The molecule has 1 atom stereocenters.